The van der Waals surface area contributed by atoms with Crippen LogP contribution in [0.4, 0.5) is 0 Å². The molecule has 1 heterocycles. The van der Waals surface area contributed by atoms with E-state index in [0.717, 1.165) is 23.4 Å². The first kappa shape index (κ1) is 14.1. The van der Waals surface area contributed by atoms with E-state index in [1.807, 2.05) is 30.3 Å². The molecule has 0 saturated carbocycles. The topological polar surface area (TPSA) is 22.1 Å². The van der Waals surface area contributed by atoms with Crippen molar-refractivity contribution in [2.45, 2.75) is 11.2 Å². The molecule has 0 amide bonds. The minimum Gasteiger partial charge on any atom is -0.497 e. The van der Waals surface area contributed by atoms with E-state index in [4.69, 9.17) is 9.72 Å². The Kier molecular flexibility index (Phi) is 4.20. The first-order valence-electron chi connectivity index (χ1n) is 6.89. The molecule has 0 bridgehead atoms. The van der Waals surface area contributed by atoms with E-state index in [2.05, 4.69) is 46.3 Å². The number of pyridine rings is 1. The molecule has 21 heavy (non-hydrogen) atoms. The maximum Gasteiger partial charge on any atom is 0.119 e. The molecule has 1 atom stereocenters. The summed E-state index contributed by atoms with van der Waals surface area (Å²) >= 11 is 3.75. The number of benzene rings is 2. The molecule has 0 aliphatic heterocycles. The number of alkyl halides is 1. The van der Waals surface area contributed by atoms with Gasteiger partial charge in [-0.05, 0) is 29.8 Å². The van der Waals surface area contributed by atoms with Gasteiger partial charge < -0.3 is 4.74 Å². The molecule has 0 saturated heterocycles. The number of hydrogen-bond acceptors (Lipinski definition) is 2. The maximum atomic E-state index is 5.28. The number of fused-ring (bicyclic) bond motifs is 1. The first-order chi connectivity index (χ1) is 10.3. The fraction of sp³-hybridized carbons (Fsp3) is 0.167. The number of halogens is 1. The van der Waals surface area contributed by atoms with Gasteiger partial charge in [0.1, 0.15) is 5.75 Å². The molecule has 0 spiro atoms. The summed E-state index contributed by atoms with van der Waals surface area (Å²) in [5.41, 5.74) is 3.32. The molecule has 3 aromatic rings. The highest BCUT2D eigenvalue weighted by Gasteiger charge is 2.10. The van der Waals surface area contributed by atoms with Gasteiger partial charge in [0, 0.05) is 22.3 Å². The maximum absolute atomic E-state index is 5.28. The molecule has 1 unspecified atom stereocenters. The molecule has 2 aromatic carbocycles. The van der Waals surface area contributed by atoms with E-state index in [1.54, 1.807) is 7.11 Å². The minimum atomic E-state index is 0.223. The predicted molar refractivity (Wildman–Crippen MR) is 90.1 cm³/mol. The molecule has 3 rings (SSSR count). The van der Waals surface area contributed by atoms with Crippen LogP contribution in [0.25, 0.3) is 10.9 Å². The third-order valence-electron chi connectivity index (χ3n) is 3.50. The summed E-state index contributed by atoms with van der Waals surface area (Å²) in [6, 6.07) is 20.5. The van der Waals surface area contributed by atoms with Gasteiger partial charge >= 0.3 is 0 Å². The Morgan fingerprint density at radius 1 is 1.05 bits per heavy atom. The second kappa shape index (κ2) is 6.27. The van der Waals surface area contributed by atoms with Gasteiger partial charge in [-0.15, -0.1) is 0 Å². The molecule has 0 N–H and O–H groups in total. The van der Waals surface area contributed by atoms with Crippen LogP contribution >= 0.6 is 15.9 Å². The van der Waals surface area contributed by atoms with Gasteiger partial charge in [-0.2, -0.15) is 0 Å². The van der Waals surface area contributed by atoms with Crippen LogP contribution < -0.4 is 4.74 Å². The van der Waals surface area contributed by atoms with E-state index in [9.17, 15) is 0 Å². The van der Waals surface area contributed by atoms with E-state index in [1.165, 1.54) is 10.9 Å². The van der Waals surface area contributed by atoms with Crippen molar-refractivity contribution in [3.8, 4) is 5.75 Å². The second-order valence-electron chi connectivity index (χ2n) is 4.94. The van der Waals surface area contributed by atoms with Crippen molar-refractivity contribution in [1.82, 2.24) is 4.98 Å². The number of aromatic nitrogens is 1. The molecule has 3 heteroatoms. The van der Waals surface area contributed by atoms with Crippen LogP contribution in [0.3, 0.4) is 0 Å². The SMILES string of the molecule is COc1cccc(C(Br)Cc2ccc3ccccc3n2)c1. The van der Waals surface area contributed by atoms with Crippen molar-refractivity contribution < 1.29 is 4.74 Å². The molecule has 0 aliphatic carbocycles. The predicted octanol–water partition coefficient (Wildman–Crippen LogP) is 4.92. The van der Waals surface area contributed by atoms with Crippen LogP contribution in [0.2, 0.25) is 0 Å². The number of hydrogen-bond donors (Lipinski definition) is 0. The summed E-state index contributed by atoms with van der Waals surface area (Å²) < 4.78 is 5.28. The van der Waals surface area contributed by atoms with Gasteiger partial charge in [-0.1, -0.05) is 52.3 Å². The summed E-state index contributed by atoms with van der Waals surface area (Å²) in [5.74, 6) is 0.878. The zero-order valence-corrected chi connectivity index (χ0v) is 13.4. The standard InChI is InChI=1S/C18H16BrNO/c1-21-16-7-4-6-14(11-16)17(19)12-15-10-9-13-5-2-3-8-18(13)20-15/h2-11,17H,12H2,1H3. The van der Waals surface area contributed by atoms with Crippen LogP contribution in [0.1, 0.15) is 16.1 Å². The summed E-state index contributed by atoms with van der Waals surface area (Å²) in [6.07, 6.45) is 0.845. The van der Waals surface area contributed by atoms with E-state index < -0.39 is 0 Å². The van der Waals surface area contributed by atoms with E-state index in [-0.39, 0.29) is 4.83 Å². The average Bonchev–Trinajstić information content (AvgIpc) is 2.54. The van der Waals surface area contributed by atoms with Crippen molar-refractivity contribution >= 4 is 26.8 Å². The fourth-order valence-corrected chi connectivity index (χ4v) is 2.98. The average molecular weight is 342 g/mol. The van der Waals surface area contributed by atoms with Crippen molar-refractivity contribution in [2.75, 3.05) is 7.11 Å². The molecule has 0 fully saturated rings. The van der Waals surface area contributed by atoms with Crippen molar-refractivity contribution in [1.29, 1.82) is 0 Å². The normalized spacial score (nSPS) is 12.3. The molecule has 1 aromatic heterocycles. The van der Waals surface area contributed by atoms with Crippen molar-refractivity contribution in [3.05, 3.63) is 71.9 Å². The van der Waals surface area contributed by atoms with Gasteiger partial charge in [0.15, 0.2) is 0 Å². The number of ether oxygens (including phenoxy) is 1. The fourth-order valence-electron chi connectivity index (χ4n) is 2.36. The van der Waals surface area contributed by atoms with Crippen LogP contribution in [-0.2, 0) is 6.42 Å². The lowest BCUT2D eigenvalue weighted by atomic mass is 10.1. The van der Waals surface area contributed by atoms with E-state index >= 15 is 0 Å². The second-order valence-corrected chi connectivity index (χ2v) is 6.05. The highest BCUT2D eigenvalue weighted by Crippen LogP contribution is 2.29. The third kappa shape index (κ3) is 3.24. The first-order valence-corrected chi connectivity index (χ1v) is 7.80. The van der Waals surface area contributed by atoms with Crippen LogP contribution in [0.15, 0.2) is 60.7 Å². The molecular formula is C18H16BrNO. The number of para-hydroxylation sites is 1. The summed E-state index contributed by atoms with van der Waals surface area (Å²) in [5, 5.41) is 1.17. The minimum absolute atomic E-state index is 0.223. The zero-order chi connectivity index (χ0) is 14.7. The molecule has 0 aliphatic rings. The van der Waals surface area contributed by atoms with Gasteiger partial charge in [-0.25, -0.2) is 0 Å². The smallest absolute Gasteiger partial charge is 0.119 e. The Morgan fingerprint density at radius 3 is 2.76 bits per heavy atom. The lowest BCUT2D eigenvalue weighted by molar-refractivity contribution is 0.414. The number of rotatable bonds is 4. The molecule has 106 valence electrons. The lowest BCUT2D eigenvalue weighted by Crippen LogP contribution is -1.98. The quantitative estimate of drug-likeness (QED) is 0.628. The van der Waals surface area contributed by atoms with Crippen LogP contribution in [0, 0.1) is 0 Å². The van der Waals surface area contributed by atoms with Gasteiger partial charge in [0.05, 0.1) is 12.6 Å². The summed E-state index contributed by atoms with van der Waals surface area (Å²) in [4.78, 5) is 4.95. The highest BCUT2D eigenvalue weighted by atomic mass is 79.9. The molecule has 2 nitrogen and oxygen atoms in total. The van der Waals surface area contributed by atoms with Crippen molar-refractivity contribution in [2.24, 2.45) is 0 Å². The zero-order valence-electron chi connectivity index (χ0n) is 11.8. The van der Waals surface area contributed by atoms with Crippen LogP contribution in [-0.4, -0.2) is 12.1 Å². The molecular weight excluding hydrogens is 326 g/mol. The summed E-state index contributed by atoms with van der Waals surface area (Å²) in [7, 11) is 1.69. The van der Waals surface area contributed by atoms with Crippen LogP contribution in [0.5, 0.6) is 5.75 Å². The Bertz CT molecular complexity index is 757. The van der Waals surface area contributed by atoms with E-state index in [0.29, 0.717) is 0 Å². The highest BCUT2D eigenvalue weighted by molar-refractivity contribution is 9.09. The number of nitrogens with zero attached hydrogens (tertiary/aromatic N) is 1. The Hall–Kier alpha value is -1.87. The van der Waals surface area contributed by atoms with Gasteiger partial charge in [-0.3, -0.25) is 4.98 Å². The monoisotopic (exact) mass is 341 g/mol. The Labute approximate surface area is 132 Å². The van der Waals surface area contributed by atoms with Gasteiger partial charge in [0.2, 0.25) is 0 Å². The Morgan fingerprint density at radius 2 is 1.90 bits per heavy atom. The Balaban J connectivity index is 1.83. The van der Waals surface area contributed by atoms with Crippen molar-refractivity contribution in [3.63, 3.8) is 0 Å². The molecule has 0 radical (unpaired) electrons. The lowest BCUT2D eigenvalue weighted by Gasteiger charge is -2.11. The van der Waals surface area contributed by atoms with Gasteiger partial charge in [0.25, 0.3) is 0 Å². The number of methoxy groups -OCH3 is 1. The summed E-state index contributed by atoms with van der Waals surface area (Å²) in [6.45, 7) is 0. The third-order valence-corrected chi connectivity index (χ3v) is 4.35. The largest absolute Gasteiger partial charge is 0.497 e.